The number of benzene rings is 2. The molecule has 0 atom stereocenters. The summed E-state index contributed by atoms with van der Waals surface area (Å²) in [4.78, 5) is 0. The van der Waals surface area contributed by atoms with Crippen LogP contribution < -0.4 is 9.31 Å². The highest BCUT2D eigenvalue weighted by Gasteiger charge is 2.06. The van der Waals surface area contributed by atoms with Gasteiger partial charge in [-0.1, -0.05) is 47.5 Å². The van der Waals surface area contributed by atoms with Crippen molar-refractivity contribution >= 4 is 30.9 Å². The normalized spacial score (nSPS) is 9.76. The van der Waals surface area contributed by atoms with Gasteiger partial charge in [0, 0.05) is 0 Å². The molecule has 0 unspecified atom stereocenters. The lowest BCUT2D eigenvalue weighted by Gasteiger charge is -2.08. The van der Waals surface area contributed by atoms with Crippen molar-refractivity contribution in [3.63, 3.8) is 0 Å². The lowest BCUT2D eigenvalue weighted by molar-refractivity contribution is 0.459. The SMILES string of the molecule is Clc1ccccc1O[B]Oc1ccccc1Cl. The van der Waals surface area contributed by atoms with Crippen molar-refractivity contribution in [2.75, 3.05) is 0 Å². The Bertz CT molecular complexity index is 460. The maximum Gasteiger partial charge on any atom is 0.658 e. The first kappa shape index (κ1) is 12.2. The van der Waals surface area contributed by atoms with Crippen LogP contribution in [0.15, 0.2) is 48.5 Å². The summed E-state index contributed by atoms with van der Waals surface area (Å²) in [5.41, 5.74) is 0. The van der Waals surface area contributed by atoms with Gasteiger partial charge in [0.25, 0.3) is 0 Å². The summed E-state index contributed by atoms with van der Waals surface area (Å²) in [5, 5.41) is 1.04. The van der Waals surface area contributed by atoms with Gasteiger partial charge < -0.3 is 9.31 Å². The van der Waals surface area contributed by atoms with Gasteiger partial charge in [0.2, 0.25) is 0 Å². The fraction of sp³-hybridized carbons (Fsp3) is 0. The van der Waals surface area contributed by atoms with E-state index in [1.807, 2.05) is 24.3 Å². The lowest BCUT2D eigenvalue weighted by atomic mass is 10.3. The van der Waals surface area contributed by atoms with Crippen LogP contribution in [0.1, 0.15) is 0 Å². The maximum absolute atomic E-state index is 5.91. The van der Waals surface area contributed by atoms with Crippen LogP contribution >= 0.6 is 23.2 Å². The highest BCUT2D eigenvalue weighted by Crippen LogP contribution is 2.25. The number of hydrogen-bond donors (Lipinski definition) is 0. The van der Waals surface area contributed by atoms with Gasteiger partial charge in [-0.15, -0.1) is 0 Å². The zero-order chi connectivity index (χ0) is 12.1. The Labute approximate surface area is 110 Å². The van der Waals surface area contributed by atoms with Crippen LogP contribution in [0.2, 0.25) is 10.0 Å². The molecule has 0 bridgehead atoms. The molecule has 0 aromatic heterocycles. The van der Waals surface area contributed by atoms with Gasteiger partial charge in [-0.3, -0.25) is 0 Å². The van der Waals surface area contributed by atoms with Crippen molar-refractivity contribution in [2.45, 2.75) is 0 Å². The minimum absolute atomic E-state index is 0.520. The van der Waals surface area contributed by atoms with E-state index in [9.17, 15) is 0 Å². The van der Waals surface area contributed by atoms with Gasteiger partial charge in [0.05, 0.1) is 10.0 Å². The van der Waals surface area contributed by atoms with Gasteiger partial charge in [0.1, 0.15) is 11.5 Å². The third kappa shape index (κ3) is 3.32. The summed E-state index contributed by atoms with van der Waals surface area (Å²) >= 11 is 11.8. The minimum atomic E-state index is 0.520. The van der Waals surface area contributed by atoms with E-state index in [0.29, 0.717) is 21.5 Å². The van der Waals surface area contributed by atoms with Crippen LogP contribution in [-0.2, 0) is 0 Å². The third-order valence-corrected chi connectivity index (χ3v) is 2.65. The van der Waals surface area contributed by atoms with Crippen LogP contribution in [0, 0.1) is 0 Å². The van der Waals surface area contributed by atoms with Crippen LogP contribution in [0.3, 0.4) is 0 Å². The molecule has 85 valence electrons. The molecule has 0 fully saturated rings. The zero-order valence-electron chi connectivity index (χ0n) is 8.77. The van der Waals surface area contributed by atoms with Crippen molar-refractivity contribution in [3.05, 3.63) is 58.6 Å². The van der Waals surface area contributed by atoms with E-state index in [2.05, 4.69) is 0 Å². The van der Waals surface area contributed by atoms with E-state index in [1.165, 1.54) is 7.69 Å². The molecule has 0 N–H and O–H groups in total. The Hall–Kier alpha value is -1.32. The average Bonchev–Trinajstić information content (AvgIpc) is 2.34. The summed E-state index contributed by atoms with van der Waals surface area (Å²) in [6, 6.07) is 14.3. The molecule has 0 heterocycles. The topological polar surface area (TPSA) is 18.5 Å². The Morgan fingerprint density at radius 2 is 1.12 bits per heavy atom. The fourth-order valence-electron chi connectivity index (χ4n) is 1.21. The van der Waals surface area contributed by atoms with Crippen molar-refractivity contribution in [1.29, 1.82) is 0 Å². The molecule has 0 saturated heterocycles. The monoisotopic (exact) mass is 265 g/mol. The van der Waals surface area contributed by atoms with Gasteiger partial charge >= 0.3 is 7.69 Å². The molecule has 2 aromatic rings. The summed E-state index contributed by atoms with van der Waals surface area (Å²) in [7, 11) is 1.20. The average molecular weight is 266 g/mol. The Morgan fingerprint density at radius 3 is 1.53 bits per heavy atom. The molecule has 0 saturated carbocycles. The minimum Gasteiger partial charge on any atom is -0.525 e. The van der Waals surface area contributed by atoms with E-state index in [4.69, 9.17) is 32.5 Å². The van der Waals surface area contributed by atoms with Crippen LogP contribution in [-0.4, -0.2) is 7.69 Å². The van der Waals surface area contributed by atoms with Gasteiger partial charge in [0.15, 0.2) is 0 Å². The smallest absolute Gasteiger partial charge is 0.525 e. The highest BCUT2D eigenvalue weighted by molar-refractivity contribution is 6.33. The van der Waals surface area contributed by atoms with E-state index < -0.39 is 0 Å². The molecular weight excluding hydrogens is 258 g/mol. The summed E-state index contributed by atoms with van der Waals surface area (Å²) in [6.45, 7) is 0. The quantitative estimate of drug-likeness (QED) is 0.779. The number of halogens is 2. The first-order chi connectivity index (χ1) is 8.27. The first-order valence-corrected chi connectivity index (χ1v) is 5.67. The van der Waals surface area contributed by atoms with Crippen molar-refractivity contribution < 1.29 is 9.31 Å². The Kier molecular flexibility index (Phi) is 4.18. The molecule has 0 aliphatic rings. The zero-order valence-corrected chi connectivity index (χ0v) is 10.3. The fourth-order valence-corrected chi connectivity index (χ4v) is 1.57. The molecule has 5 heteroatoms. The van der Waals surface area contributed by atoms with Crippen LogP contribution in [0.4, 0.5) is 0 Å². The van der Waals surface area contributed by atoms with Crippen molar-refractivity contribution in [3.8, 4) is 11.5 Å². The second-order valence-electron chi connectivity index (χ2n) is 3.19. The van der Waals surface area contributed by atoms with E-state index in [-0.39, 0.29) is 0 Å². The summed E-state index contributed by atoms with van der Waals surface area (Å²) < 4.78 is 10.5. The Balaban J connectivity index is 1.93. The second kappa shape index (κ2) is 5.85. The Morgan fingerprint density at radius 1 is 0.706 bits per heavy atom. The molecule has 0 amide bonds. The van der Waals surface area contributed by atoms with Crippen molar-refractivity contribution in [2.24, 2.45) is 0 Å². The predicted octanol–water partition coefficient (Wildman–Crippen LogP) is 3.99. The number of rotatable bonds is 4. The second-order valence-corrected chi connectivity index (χ2v) is 4.01. The van der Waals surface area contributed by atoms with Gasteiger partial charge in [-0.25, -0.2) is 0 Å². The molecule has 0 aliphatic carbocycles. The van der Waals surface area contributed by atoms with Gasteiger partial charge in [-0.05, 0) is 24.3 Å². The van der Waals surface area contributed by atoms with Gasteiger partial charge in [-0.2, -0.15) is 0 Å². The molecule has 2 aromatic carbocycles. The molecule has 2 nitrogen and oxygen atoms in total. The first-order valence-electron chi connectivity index (χ1n) is 4.91. The molecule has 0 spiro atoms. The van der Waals surface area contributed by atoms with Crippen LogP contribution in [0.25, 0.3) is 0 Å². The highest BCUT2D eigenvalue weighted by atomic mass is 35.5. The van der Waals surface area contributed by atoms with Crippen molar-refractivity contribution in [1.82, 2.24) is 0 Å². The number of hydrogen-bond acceptors (Lipinski definition) is 2. The molecule has 1 radical (unpaired) electrons. The number of para-hydroxylation sites is 2. The lowest BCUT2D eigenvalue weighted by Crippen LogP contribution is -2.11. The molecule has 2 rings (SSSR count). The maximum atomic E-state index is 5.91. The summed E-state index contributed by atoms with van der Waals surface area (Å²) in [5.74, 6) is 1.06. The predicted molar refractivity (Wildman–Crippen MR) is 69.9 cm³/mol. The molecule has 0 aliphatic heterocycles. The van der Waals surface area contributed by atoms with E-state index in [1.54, 1.807) is 24.3 Å². The largest absolute Gasteiger partial charge is 0.658 e. The molecule has 17 heavy (non-hydrogen) atoms. The van der Waals surface area contributed by atoms with Crippen LogP contribution in [0.5, 0.6) is 11.5 Å². The molecular formula is C12H8BCl2O2. The van der Waals surface area contributed by atoms with E-state index >= 15 is 0 Å². The van der Waals surface area contributed by atoms with E-state index in [0.717, 1.165) is 0 Å². The summed E-state index contributed by atoms with van der Waals surface area (Å²) in [6.07, 6.45) is 0. The third-order valence-electron chi connectivity index (χ3n) is 2.02. The standard InChI is InChI=1S/C12H8BCl2O2/c14-9-5-1-3-7-11(9)16-13-17-12-8-4-2-6-10(12)15/h1-8H.